The van der Waals surface area contributed by atoms with Crippen molar-refractivity contribution in [1.82, 2.24) is 5.32 Å². The Kier molecular flexibility index (Phi) is 4.74. The molecule has 1 aliphatic carbocycles. The van der Waals surface area contributed by atoms with E-state index in [1.54, 1.807) is 0 Å². The lowest BCUT2D eigenvalue weighted by molar-refractivity contribution is 0.470. The Morgan fingerprint density at radius 3 is 2.55 bits per heavy atom. The molecule has 0 saturated heterocycles. The van der Waals surface area contributed by atoms with Gasteiger partial charge < -0.3 is 11.1 Å². The number of hydrogen-bond donors (Lipinski definition) is 2. The summed E-state index contributed by atoms with van der Waals surface area (Å²) in [7, 11) is 2.02. The van der Waals surface area contributed by atoms with Crippen LogP contribution in [0.15, 0.2) is 36.4 Å². The first kappa shape index (κ1) is 15.8. The van der Waals surface area contributed by atoms with Gasteiger partial charge in [-0.15, -0.1) is 0 Å². The van der Waals surface area contributed by atoms with Crippen molar-refractivity contribution in [3.63, 3.8) is 0 Å². The molecule has 2 aromatic carbocycles. The Balaban J connectivity index is 2.06. The van der Waals surface area contributed by atoms with Crippen molar-refractivity contribution in [2.75, 3.05) is 7.05 Å². The maximum Gasteiger partial charge on any atom is 0.0595 e. The van der Waals surface area contributed by atoms with E-state index in [-0.39, 0.29) is 0 Å². The molecule has 0 amide bonds. The number of benzene rings is 2. The highest BCUT2D eigenvalue weighted by Gasteiger charge is 2.27. The molecule has 2 atom stereocenters. The summed E-state index contributed by atoms with van der Waals surface area (Å²) in [6.07, 6.45) is 2.20. The number of rotatable bonds is 3. The standard InChI is InChI=1S/C18H20Cl2N2/c1-22-18-7-5-13(12-3-6-16(19)17(20)9-12)14-4-2-11(10-21)8-15(14)18/h2-4,6,8-9,13,18,22H,5,7,10,21H2,1H3/t13-,18-/m0/s1. The lowest BCUT2D eigenvalue weighted by Crippen LogP contribution is -2.24. The molecule has 0 spiro atoms. The summed E-state index contributed by atoms with van der Waals surface area (Å²) in [5, 5.41) is 4.64. The average Bonchev–Trinajstić information content (AvgIpc) is 2.55. The monoisotopic (exact) mass is 334 g/mol. The molecule has 3 N–H and O–H groups in total. The number of nitrogens with two attached hydrogens (primary N) is 1. The van der Waals surface area contributed by atoms with Crippen LogP contribution in [-0.4, -0.2) is 7.05 Å². The van der Waals surface area contributed by atoms with E-state index >= 15 is 0 Å². The summed E-state index contributed by atoms with van der Waals surface area (Å²) in [6, 6.07) is 12.9. The van der Waals surface area contributed by atoms with Crippen molar-refractivity contribution in [2.24, 2.45) is 5.73 Å². The predicted octanol–water partition coefficient (Wildman–Crippen LogP) is 4.64. The minimum Gasteiger partial charge on any atom is -0.326 e. The number of fused-ring (bicyclic) bond motifs is 1. The molecule has 2 nitrogen and oxygen atoms in total. The summed E-state index contributed by atoms with van der Waals surface area (Å²) < 4.78 is 0. The second-order valence-electron chi connectivity index (χ2n) is 5.81. The molecular weight excluding hydrogens is 315 g/mol. The molecule has 0 aromatic heterocycles. The first-order valence-electron chi connectivity index (χ1n) is 7.59. The Morgan fingerprint density at radius 1 is 1.05 bits per heavy atom. The van der Waals surface area contributed by atoms with Crippen LogP contribution in [0.25, 0.3) is 0 Å². The minimum absolute atomic E-state index is 0.362. The molecule has 0 radical (unpaired) electrons. The zero-order chi connectivity index (χ0) is 15.7. The van der Waals surface area contributed by atoms with Gasteiger partial charge in [-0.1, -0.05) is 47.5 Å². The van der Waals surface area contributed by atoms with Crippen molar-refractivity contribution in [1.29, 1.82) is 0 Å². The van der Waals surface area contributed by atoms with E-state index in [1.807, 2.05) is 19.2 Å². The summed E-state index contributed by atoms with van der Waals surface area (Å²) in [5.41, 5.74) is 10.9. The fraction of sp³-hybridized carbons (Fsp3) is 0.333. The fourth-order valence-electron chi connectivity index (χ4n) is 3.39. The molecule has 116 valence electrons. The highest BCUT2D eigenvalue weighted by Crippen LogP contribution is 2.42. The van der Waals surface area contributed by atoms with Gasteiger partial charge >= 0.3 is 0 Å². The molecule has 0 saturated carbocycles. The third kappa shape index (κ3) is 2.89. The molecule has 0 bridgehead atoms. The van der Waals surface area contributed by atoms with Gasteiger partial charge in [0.05, 0.1) is 10.0 Å². The van der Waals surface area contributed by atoms with Crippen LogP contribution in [0.3, 0.4) is 0 Å². The van der Waals surface area contributed by atoms with Gasteiger partial charge in [-0.05, 0) is 54.3 Å². The van der Waals surface area contributed by atoms with Gasteiger partial charge in [-0.25, -0.2) is 0 Å². The first-order valence-corrected chi connectivity index (χ1v) is 8.34. The largest absolute Gasteiger partial charge is 0.326 e. The third-order valence-electron chi connectivity index (χ3n) is 4.58. The van der Waals surface area contributed by atoms with Crippen LogP contribution in [0.2, 0.25) is 10.0 Å². The molecular formula is C18H20Cl2N2. The van der Waals surface area contributed by atoms with E-state index in [9.17, 15) is 0 Å². The van der Waals surface area contributed by atoms with Crippen LogP contribution in [0.5, 0.6) is 0 Å². The molecule has 3 rings (SSSR count). The Morgan fingerprint density at radius 2 is 1.86 bits per heavy atom. The summed E-state index contributed by atoms with van der Waals surface area (Å²) in [6.45, 7) is 0.571. The maximum atomic E-state index is 6.20. The molecule has 0 heterocycles. The smallest absolute Gasteiger partial charge is 0.0595 e. The first-order chi connectivity index (χ1) is 10.6. The van der Waals surface area contributed by atoms with E-state index in [1.165, 1.54) is 22.3 Å². The molecule has 22 heavy (non-hydrogen) atoms. The van der Waals surface area contributed by atoms with Gasteiger partial charge in [0.2, 0.25) is 0 Å². The van der Waals surface area contributed by atoms with Gasteiger partial charge in [0.25, 0.3) is 0 Å². The number of halogens is 2. The van der Waals surface area contributed by atoms with E-state index in [0.717, 1.165) is 12.8 Å². The molecule has 4 heteroatoms. The molecule has 0 unspecified atom stereocenters. The van der Waals surface area contributed by atoms with Gasteiger partial charge in [0, 0.05) is 18.5 Å². The Labute approximate surface area is 141 Å². The third-order valence-corrected chi connectivity index (χ3v) is 5.32. The second kappa shape index (κ2) is 6.59. The van der Waals surface area contributed by atoms with Crippen LogP contribution < -0.4 is 11.1 Å². The van der Waals surface area contributed by atoms with Crippen LogP contribution >= 0.6 is 23.2 Å². The maximum absolute atomic E-state index is 6.20. The van der Waals surface area contributed by atoms with Crippen molar-refractivity contribution in [3.05, 3.63) is 68.7 Å². The van der Waals surface area contributed by atoms with E-state index in [0.29, 0.717) is 28.5 Å². The van der Waals surface area contributed by atoms with E-state index in [2.05, 4.69) is 29.6 Å². The van der Waals surface area contributed by atoms with Crippen molar-refractivity contribution < 1.29 is 0 Å². The van der Waals surface area contributed by atoms with Gasteiger partial charge in [0.15, 0.2) is 0 Å². The van der Waals surface area contributed by atoms with Crippen LogP contribution in [-0.2, 0) is 6.54 Å². The normalized spacial score (nSPS) is 20.7. The second-order valence-corrected chi connectivity index (χ2v) is 6.63. The topological polar surface area (TPSA) is 38.0 Å². The highest BCUT2D eigenvalue weighted by molar-refractivity contribution is 6.42. The highest BCUT2D eigenvalue weighted by atomic mass is 35.5. The summed E-state index contributed by atoms with van der Waals surface area (Å²) in [5.74, 6) is 0.362. The molecule has 0 aliphatic heterocycles. The van der Waals surface area contributed by atoms with Crippen LogP contribution in [0.1, 0.15) is 47.1 Å². The zero-order valence-corrected chi connectivity index (χ0v) is 14.1. The van der Waals surface area contributed by atoms with Crippen molar-refractivity contribution in [3.8, 4) is 0 Å². The van der Waals surface area contributed by atoms with Crippen LogP contribution in [0, 0.1) is 0 Å². The van der Waals surface area contributed by atoms with Gasteiger partial charge in [-0.2, -0.15) is 0 Å². The van der Waals surface area contributed by atoms with Gasteiger partial charge in [0.1, 0.15) is 0 Å². The zero-order valence-electron chi connectivity index (χ0n) is 12.6. The average molecular weight is 335 g/mol. The Hall–Kier alpha value is -1.06. The van der Waals surface area contributed by atoms with Gasteiger partial charge in [-0.3, -0.25) is 0 Å². The fourth-order valence-corrected chi connectivity index (χ4v) is 3.70. The summed E-state index contributed by atoms with van der Waals surface area (Å²) in [4.78, 5) is 0. The SMILES string of the molecule is CN[C@H]1CC[C@@H](c2ccc(Cl)c(Cl)c2)c2ccc(CN)cc21. The number of hydrogen-bond acceptors (Lipinski definition) is 2. The van der Waals surface area contributed by atoms with E-state index in [4.69, 9.17) is 28.9 Å². The quantitative estimate of drug-likeness (QED) is 0.858. The molecule has 2 aromatic rings. The van der Waals surface area contributed by atoms with Crippen molar-refractivity contribution >= 4 is 23.2 Å². The Bertz CT molecular complexity index is 685. The lowest BCUT2D eigenvalue weighted by atomic mass is 9.76. The predicted molar refractivity (Wildman–Crippen MR) is 93.7 cm³/mol. The molecule has 0 fully saturated rings. The lowest BCUT2D eigenvalue weighted by Gasteiger charge is -2.32. The minimum atomic E-state index is 0.362. The number of nitrogens with one attached hydrogen (secondary N) is 1. The summed E-state index contributed by atoms with van der Waals surface area (Å²) >= 11 is 12.3. The van der Waals surface area contributed by atoms with E-state index < -0.39 is 0 Å². The molecule has 1 aliphatic rings. The van der Waals surface area contributed by atoms with Crippen molar-refractivity contribution in [2.45, 2.75) is 31.3 Å². The van der Waals surface area contributed by atoms with Crippen LogP contribution in [0.4, 0.5) is 0 Å².